The van der Waals surface area contributed by atoms with Crippen LogP contribution in [-0.4, -0.2) is 29.6 Å². The Morgan fingerprint density at radius 2 is 2.05 bits per heavy atom. The van der Waals surface area contributed by atoms with Gasteiger partial charge in [-0.15, -0.1) is 0 Å². The molecule has 2 aromatic rings. The van der Waals surface area contributed by atoms with Crippen LogP contribution in [0.1, 0.15) is 34.3 Å². The van der Waals surface area contributed by atoms with Crippen molar-refractivity contribution in [2.45, 2.75) is 19.4 Å². The Morgan fingerprint density at radius 1 is 1.23 bits per heavy atom. The predicted octanol–water partition coefficient (Wildman–Crippen LogP) is 2.03. The first kappa shape index (κ1) is 15.8. The Kier molecular flexibility index (Phi) is 5.32. The molecule has 0 aliphatic heterocycles. The fourth-order valence-electron chi connectivity index (χ4n) is 1.91. The number of amides is 2. The zero-order valence-corrected chi connectivity index (χ0v) is 12.2. The standard InChI is InChI=1S/C16H18N2O4/c1-11(7-8-19)17-15(20)12-4-2-5-13(10-12)18-16(21)14-6-3-9-22-14/h2-6,9-11,19H,7-8H2,1H3,(H,17,20)(H,18,21)/t11-/m1/s1. The Labute approximate surface area is 128 Å². The van der Waals surface area contributed by atoms with Crippen molar-refractivity contribution >= 4 is 17.5 Å². The third kappa shape index (κ3) is 4.20. The molecule has 0 saturated heterocycles. The van der Waals surface area contributed by atoms with Crippen LogP contribution in [0, 0.1) is 0 Å². The van der Waals surface area contributed by atoms with Crippen LogP contribution in [0.3, 0.4) is 0 Å². The number of rotatable bonds is 6. The van der Waals surface area contributed by atoms with Gasteiger partial charge in [0.2, 0.25) is 0 Å². The summed E-state index contributed by atoms with van der Waals surface area (Å²) >= 11 is 0. The molecule has 0 aliphatic carbocycles. The highest BCUT2D eigenvalue weighted by Crippen LogP contribution is 2.13. The van der Waals surface area contributed by atoms with E-state index in [1.807, 2.05) is 6.92 Å². The minimum absolute atomic E-state index is 0.0146. The average Bonchev–Trinajstić information content (AvgIpc) is 3.02. The first-order chi connectivity index (χ1) is 10.6. The first-order valence-corrected chi connectivity index (χ1v) is 6.97. The molecule has 0 saturated carbocycles. The van der Waals surface area contributed by atoms with Crippen molar-refractivity contribution in [3.05, 3.63) is 54.0 Å². The molecule has 3 N–H and O–H groups in total. The van der Waals surface area contributed by atoms with Crippen molar-refractivity contribution < 1.29 is 19.1 Å². The Balaban J connectivity index is 2.03. The molecular weight excluding hydrogens is 284 g/mol. The van der Waals surface area contributed by atoms with E-state index in [-0.39, 0.29) is 30.2 Å². The molecule has 6 nitrogen and oxygen atoms in total. The predicted molar refractivity (Wildman–Crippen MR) is 81.7 cm³/mol. The number of carbonyl (C=O) groups is 2. The SMILES string of the molecule is C[C@H](CCO)NC(=O)c1cccc(NC(=O)c2ccco2)c1. The van der Waals surface area contributed by atoms with Crippen LogP contribution in [0.2, 0.25) is 0 Å². The first-order valence-electron chi connectivity index (χ1n) is 6.97. The zero-order valence-electron chi connectivity index (χ0n) is 12.2. The number of nitrogens with one attached hydrogen (secondary N) is 2. The van der Waals surface area contributed by atoms with Gasteiger partial charge >= 0.3 is 0 Å². The van der Waals surface area contributed by atoms with Gasteiger partial charge in [-0.1, -0.05) is 6.07 Å². The number of hydrogen-bond donors (Lipinski definition) is 3. The summed E-state index contributed by atoms with van der Waals surface area (Å²) in [5.74, 6) is -0.433. The summed E-state index contributed by atoms with van der Waals surface area (Å²) in [6.07, 6.45) is 1.90. The molecule has 0 unspecified atom stereocenters. The maximum Gasteiger partial charge on any atom is 0.291 e. The maximum atomic E-state index is 12.1. The molecule has 0 fully saturated rings. The second kappa shape index (κ2) is 7.42. The van der Waals surface area contributed by atoms with E-state index in [1.54, 1.807) is 36.4 Å². The summed E-state index contributed by atoms with van der Waals surface area (Å²) in [6, 6.07) is 9.67. The van der Waals surface area contributed by atoms with E-state index < -0.39 is 0 Å². The summed E-state index contributed by atoms with van der Waals surface area (Å²) in [5.41, 5.74) is 0.936. The van der Waals surface area contributed by atoms with Gasteiger partial charge in [0, 0.05) is 23.9 Å². The van der Waals surface area contributed by atoms with E-state index in [0.29, 0.717) is 17.7 Å². The third-order valence-electron chi connectivity index (χ3n) is 3.07. The molecule has 2 amide bonds. The molecule has 0 radical (unpaired) electrons. The number of furan rings is 1. The lowest BCUT2D eigenvalue weighted by molar-refractivity contribution is 0.0932. The van der Waals surface area contributed by atoms with Crippen LogP contribution in [0.15, 0.2) is 47.1 Å². The second-order valence-electron chi connectivity index (χ2n) is 4.90. The number of benzene rings is 1. The minimum atomic E-state index is -0.379. The lowest BCUT2D eigenvalue weighted by Crippen LogP contribution is -2.33. The average molecular weight is 302 g/mol. The summed E-state index contributed by atoms with van der Waals surface area (Å²) < 4.78 is 5.01. The van der Waals surface area contributed by atoms with Crippen LogP contribution in [0.5, 0.6) is 0 Å². The molecule has 6 heteroatoms. The van der Waals surface area contributed by atoms with Crippen LogP contribution in [-0.2, 0) is 0 Å². The van der Waals surface area contributed by atoms with E-state index in [2.05, 4.69) is 10.6 Å². The summed E-state index contributed by atoms with van der Waals surface area (Å²) in [4.78, 5) is 24.0. The van der Waals surface area contributed by atoms with Gasteiger partial charge in [-0.05, 0) is 43.7 Å². The Morgan fingerprint density at radius 3 is 2.73 bits per heavy atom. The highest BCUT2D eigenvalue weighted by Gasteiger charge is 2.12. The van der Waals surface area contributed by atoms with Crippen molar-refractivity contribution in [3.63, 3.8) is 0 Å². The zero-order chi connectivity index (χ0) is 15.9. The van der Waals surface area contributed by atoms with Gasteiger partial charge in [0.25, 0.3) is 11.8 Å². The maximum absolute atomic E-state index is 12.1. The molecule has 1 aromatic carbocycles. The fraction of sp³-hybridized carbons (Fsp3) is 0.250. The largest absolute Gasteiger partial charge is 0.459 e. The number of hydrogen-bond acceptors (Lipinski definition) is 4. The molecule has 0 bridgehead atoms. The molecule has 116 valence electrons. The van der Waals surface area contributed by atoms with Crippen molar-refractivity contribution in [2.75, 3.05) is 11.9 Å². The molecule has 1 atom stereocenters. The molecule has 1 heterocycles. The van der Waals surface area contributed by atoms with E-state index in [4.69, 9.17) is 9.52 Å². The third-order valence-corrected chi connectivity index (χ3v) is 3.07. The van der Waals surface area contributed by atoms with Gasteiger partial charge in [-0.3, -0.25) is 9.59 Å². The minimum Gasteiger partial charge on any atom is -0.459 e. The van der Waals surface area contributed by atoms with Crippen LogP contribution in [0.4, 0.5) is 5.69 Å². The van der Waals surface area contributed by atoms with E-state index in [0.717, 1.165) is 0 Å². The highest BCUT2D eigenvalue weighted by atomic mass is 16.3. The van der Waals surface area contributed by atoms with Gasteiger partial charge < -0.3 is 20.2 Å². The van der Waals surface area contributed by atoms with Gasteiger partial charge in [-0.25, -0.2) is 0 Å². The number of anilines is 1. The van der Waals surface area contributed by atoms with Crippen LogP contribution < -0.4 is 10.6 Å². The Bertz CT molecular complexity index is 637. The van der Waals surface area contributed by atoms with E-state index >= 15 is 0 Å². The van der Waals surface area contributed by atoms with Crippen LogP contribution in [0.25, 0.3) is 0 Å². The Hall–Kier alpha value is -2.60. The van der Waals surface area contributed by atoms with Gasteiger partial charge in [-0.2, -0.15) is 0 Å². The lowest BCUT2D eigenvalue weighted by Gasteiger charge is -2.13. The fourth-order valence-corrected chi connectivity index (χ4v) is 1.91. The number of aliphatic hydroxyl groups is 1. The van der Waals surface area contributed by atoms with Crippen LogP contribution >= 0.6 is 0 Å². The van der Waals surface area contributed by atoms with Crippen molar-refractivity contribution in [1.82, 2.24) is 5.32 Å². The molecule has 1 aromatic heterocycles. The summed E-state index contributed by atoms with van der Waals surface area (Å²) in [6.45, 7) is 1.83. The van der Waals surface area contributed by atoms with Crippen molar-refractivity contribution in [3.8, 4) is 0 Å². The smallest absolute Gasteiger partial charge is 0.291 e. The van der Waals surface area contributed by atoms with Crippen molar-refractivity contribution in [1.29, 1.82) is 0 Å². The number of carbonyl (C=O) groups excluding carboxylic acids is 2. The van der Waals surface area contributed by atoms with Gasteiger partial charge in [0.15, 0.2) is 5.76 Å². The molecular formula is C16H18N2O4. The highest BCUT2D eigenvalue weighted by molar-refractivity contribution is 6.03. The quantitative estimate of drug-likeness (QED) is 0.761. The van der Waals surface area contributed by atoms with Gasteiger partial charge in [0.05, 0.1) is 6.26 Å². The topological polar surface area (TPSA) is 91.6 Å². The summed E-state index contributed by atoms with van der Waals surface area (Å²) in [7, 11) is 0. The molecule has 0 aliphatic rings. The molecule has 2 rings (SSSR count). The normalized spacial score (nSPS) is 11.7. The second-order valence-corrected chi connectivity index (χ2v) is 4.90. The number of aliphatic hydroxyl groups excluding tert-OH is 1. The molecule has 0 spiro atoms. The lowest BCUT2D eigenvalue weighted by atomic mass is 10.1. The van der Waals surface area contributed by atoms with Crippen molar-refractivity contribution in [2.24, 2.45) is 0 Å². The molecule has 22 heavy (non-hydrogen) atoms. The monoisotopic (exact) mass is 302 g/mol. The van der Waals surface area contributed by atoms with Gasteiger partial charge in [0.1, 0.15) is 0 Å². The summed E-state index contributed by atoms with van der Waals surface area (Å²) in [5, 5.41) is 14.3. The van der Waals surface area contributed by atoms with E-state index in [9.17, 15) is 9.59 Å². The van der Waals surface area contributed by atoms with E-state index in [1.165, 1.54) is 6.26 Å².